The van der Waals surface area contributed by atoms with Gasteiger partial charge in [0.15, 0.2) is 0 Å². The summed E-state index contributed by atoms with van der Waals surface area (Å²) in [5.74, 6) is -1.25. The summed E-state index contributed by atoms with van der Waals surface area (Å²) < 4.78 is 24.9. The van der Waals surface area contributed by atoms with Crippen molar-refractivity contribution < 1.29 is 13.9 Å². The van der Waals surface area contributed by atoms with Gasteiger partial charge in [0.25, 0.3) is 0 Å². The minimum Gasteiger partial charge on any atom is -0.236 e. The number of hydrogen-bond acceptors (Lipinski definition) is 0. The summed E-state index contributed by atoms with van der Waals surface area (Å²) in [6.07, 6.45) is 0.117. The Morgan fingerprint density at radius 1 is 1.27 bits per heavy atom. The maximum absolute atomic E-state index is 12.7. The lowest BCUT2D eigenvalue weighted by molar-refractivity contribution is 0.196. The number of hydrogen-bond donors (Lipinski definition) is 0. The van der Waals surface area contributed by atoms with Crippen LogP contribution < -0.4 is 0 Å². The van der Waals surface area contributed by atoms with Gasteiger partial charge >= 0.3 is 0 Å². The van der Waals surface area contributed by atoms with Crippen LogP contribution >= 0.6 is 0 Å². The molecule has 11 heavy (non-hydrogen) atoms. The van der Waals surface area contributed by atoms with Crippen LogP contribution in [0.15, 0.2) is 18.2 Å². The Morgan fingerprint density at radius 2 is 2.00 bits per heavy atom. The summed E-state index contributed by atoms with van der Waals surface area (Å²) >= 11 is 0. The van der Waals surface area contributed by atoms with Gasteiger partial charge in [-0.25, -0.2) is 13.9 Å². The van der Waals surface area contributed by atoms with Crippen molar-refractivity contribution in [2.24, 2.45) is 0 Å². The molecule has 0 aliphatic rings. The predicted octanol–water partition coefficient (Wildman–Crippen LogP) is 1.94. The molecule has 0 bridgehead atoms. The molecule has 0 N–H and O–H groups in total. The zero-order valence-electron chi connectivity index (χ0n) is 5.81. The van der Waals surface area contributed by atoms with Crippen molar-refractivity contribution in [2.45, 2.75) is 6.42 Å². The molecule has 1 aromatic rings. The lowest BCUT2D eigenvalue weighted by atomic mass is 10.1. The number of rotatable bonds is 2. The van der Waals surface area contributed by atoms with Crippen molar-refractivity contribution >= 4 is 0 Å². The molecule has 0 aliphatic carbocycles. The smallest absolute Gasteiger partial charge is 0.129 e. The lowest BCUT2D eigenvalue weighted by Gasteiger charge is -1.98. The molecule has 0 saturated carbocycles. The second-order valence-corrected chi connectivity index (χ2v) is 2.19. The monoisotopic (exact) mass is 157 g/mol. The summed E-state index contributed by atoms with van der Waals surface area (Å²) in [7, 11) is 0. The second-order valence-electron chi connectivity index (χ2n) is 2.19. The summed E-state index contributed by atoms with van der Waals surface area (Å²) in [5, 5.41) is 10.1. The van der Waals surface area contributed by atoms with Crippen molar-refractivity contribution in [3.63, 3.8) is 0 Å². The van der Waals surface area contributed by atoms with Gasteiger partial charge in [-0.2, -0.15) is 0 Å². The van der Waals surface area contributed by atoms with Gasteiger partial charge in [0.05, 0.1) is 6.61 Å². The maximum atomic E-state index is 12.7. The third kappa shape index (κ3) is 1.98. The number of halogens is 2. The average Bonchev–Trinajstić information content (AvgIpc) is 1.95. The second kappa shape index (κ2) is 3.44. The van der Waals surface area contributed by atoms with Gasteiger partial charge in [-0.1, -0.05) is 6.07 Å². The molecule has 1 rings (SSSR count). The van der Waals surface area contributed by atoms with E-state index in [2.05, 4.69) is 0 Å². The maximum Gasteiger partial charge on any atom is 0.129 e. The number of benzene rings is 1. The molecule has 1 radical (unpaired) electrons. The molecule has 0 aromatic heterocycles. The Labute approximate surface area is 63.3 Å². The highest BCUT2D eigenvalue weighted by Crippen LogP contribution is 2.09. The van der Waals surface area contributed by atoms with E-state index in [0.29, 0.717) is 0 Å². The zero-order chi connectivity index (χ0) is 8.27. The van der Waals surface area contributed by atoms with Crippen LogP contribution in [0.1, 0.15) is 5.56 Å². The first-order valence-electron chi connectivity index (χ1n) is 3.26. The fourth-order valence-corrected chi connectivity index (χ4v) is 0.834. The van der Waals surface area contributed by atoms with Gasteiger partial charge in [-0.15, -0.1) is 0 Å². The van der Waals surface area contributed by atoms with E-state index in [-0.39, 0.29) is 18.6 Å². The first-order chi connectivity index (χ1) is 5.24. The summed E-state index contributed by atoms with van der Waals surface area (Å²) in [6.45, 7) is -0.372. The van der Waals surface area contributed by atoms with Crippen molar-refractivity contribution in [2.75, 3.05) is 6.61 Å². The molecular formula is C8H7F2O. The van der Waals surface area contributed by atoms with E-state index in [9.17, 15) is 13.9 Å². The van der Waals surface area contributed by atoms with Crippen molar-refractivity contribution in [3.8, 4) is 0 Å². The quantitative estimate of drug-likeness (QED) is 0.625. The van der Waals surface area contributed by atoms with Crippen LogP contribution in [0.3, 0.4) is 0 Å². The summed E-state index contributed by atoms with van der Waals surface area (Å²) in [4.78, 5) is 0. The van der Waals surface area contributed by atoms with E-state index in [1.54, 1.807) is 0 Å². The van der Waals surface area contributed by atoms with Gasteiger partial charge in [0, 0.05) is 12.5 Å². The van der Waals surface area contributed by atoms with Crippen LogP contribution in [0.2, 0.25) is 0 Å². The van der Waals surface area contributed by atoms with Crippen LogP contribution in [0.5, 0.6) is 0 Å². The van der Waals surface area contributed by atoms with Gasteiger partial charge in [-0.05, 0) is 11.6 Å². The third-order valence-electron chi connectivity index (χ3n) is 1.39. The molecule has 59 valence electrons. The Balaban J connectivity index is 2.90. The highest BCUT2D eigenvalue weighted by Gasteiger charge is 2.01. The molecule has 0 amide bonds. The van der Waals surface area contributed by atoms with Crippen LogP contribution in [-0.2, 0) is 11.5 Å². The highest BCUT2D eigenvalue weighted by molar-refractivity contribution is 5.18. The molecule has 3 heteroatoms. The van der Waals surface area contributed by atoms with Gasteiger partial charge in [0.2, 0.25) is 0 Å². The molecule has 1 nitrogen and oxygen atoms in total. The topological polar surface area (TPSA) is 19.9 Å². The van der Waals surface area contributed by atoms with E-state index in [1.165, 1.54) is 6.07 Å². The van der Waals surface area contributed by atoms with Crippen molar-refractivity contribution in [1.29, 1.82) is 0 Å². The Morgan fingerprint density at radius 3 is 2.55 bits per heavy atom. The molecule has 0 aliphatic heterocycles. The minimum atomic E-state index is -0.638. The Kier molecular flexibility index (Phi) is 2.54. The van der Waals surface area contributed by atoms with Crippen LogP contribution in [0.4, 0.5) is 8.78 Å². The Hall–Kier alpha value is -0.960. The predicted molar refractivity (Wildman–Crippen MR) is 35.6 cm³/mol. The van der Waals surface area contributed by atoms with Crippen LogP contribution in [-0.4, -0.2) is 6.61 Å². The van der Waals surface area contributed by atoms with E-state index in [4.69, 9.17) is 0 Å². The standard InChI is InChI=1S/C8H7F2O/c9-7-2-1-6(3-4-11)8(10)5-7/h1-2,5H,3-4H2. The molecule has 0 atom stereocenters. The molecule has 0 spiro atoms. The van der Waals surface area contributed by atoms with E-state index < -0.39 is 11.6 Å². The minimum absolute atomic E-state index is 0.117. The van der Waals surface area contributed by atoms with E-state index in [1.807, 2.05) is 0 Å². The third-order valence-corrected chi connectivity index (χ3v) is 1.39. The first kappa shape index (κ1) is 8.14. The fourth-order valence-electron chi connectivity index (χ4n) is 0.834. The molecular weight excluding hydrogens is 150 g/mol. The largest absolute Gasteiger partial charge is 0.236 e. The normalized spacial score (nSPS) is 10.1. The molecule has 0 fully saturated rings. The van der Waals surface area contributed by atoms with Crippen LogP contribution in [0, 0.1) is 11.6 Å². The van der Waals surface area contributed by atoms with E-state index >= 15 is 0 Å². The zero-order valence-corrected chi connectivity index (χ0v) is 5.81. The molecule has 0 unspecified atom stereocenters. The average molecular weight is 157 g/mol. The van der Waals surface area contributed by atoms with Crippen LogP contribution in [0.25, 0.3) is 0 Å². The first-order valence-corrected chi connectivity index (χ1v) is 3.26. The molecule has 1 aromatic carbocycles. The van der Waals surface area contributed by atoms with Crippen molar-refractivity contribution in [3.05, 3.63) is 35.4 Å². The highest BCUT2D eigenvalue weighted by atomic mass is 19.1. The SMILES string of the molecule is [O]CCc1ccc(F)cc1F. The summed E-state index contributed by atoms with van der Waals surface area (Å²) in [5.41, 5.74) is 0.279. The fraction of sp³-hybridized carbons (Fsp3) is 0.250. The van der Waals surface area contributed by atoms with Gasteiger partial charge in [0.1, 0.15) is 11.6 Å². The van der Waals surface area contributed by atoms with E-state index in [0.717, 1.165) is 12.1 Å². The summed E-state index contributed by atoms with van der Waals surface area (Å²) in [6, 6.07) is 3.22. The van der Waals surface area contributed by atoms with Gasteiger partial charge < -0.3 is 0 Å². The van der Waals surface area contributed by atoms with Gasteiger partial charge in [-0.3, -0.25) is 0 Å². The van der Waals surface area contributed by atoms with Crippen molar-refractivity contribution in [1.82, 2.24) is 0 Å². The Bertz CT molecular complexity index is 248. The molecule has 0 saturated heterocycles. The lowest BCUT2D eigenvalue weighted by Crippen LogP contribution is -1.94. The molecule has 0 heterocycles.